The van der Waals surface area contributed by atoms with Gasteiger partial charge in [-0.1, -0.05) is 0 Å². The van der Waals surface area contributed by atoms with Crippen LogP contribution in [0.3, 0.4) is 0 Å². The van der Waals surface area contributed by atoms with Crippen LogP contribution in [0.1, 0.15) is 0 Å². The van der Waals surface area contributed by atoms with Crippen LogP contribution in [0.4, 0.5) is 0 Å². The monoisotopic (exact) mass is 394 g/mol. The Balaban J connectivity index is 0. The average Bonchev–Trinajstić information content (AvgIpc) is 0. The van der Waals surface area contributed by atoms with E-state index in [1.54, 1.807) is 0 Å². The first-order chi connectivity index (χ1) is 0. The SMILES string of the molecule is [Cl-].[Cl-].[Cl-].[Ir+3].[NH2-].[NH2-].[NH2-].[NH2-].[NH2-].[NH2-]. The largest absolute Gasteiger partial charge is 3.00 e. The van der Waals surface area contributed by atoms with Crippen molar-refractivity contribution in [2.45, 2.75) is 0 Å². The molecule has 0 saturated carbocycles. The normalized spacial score (nSPS) is 0. The molecule has 78 valence electrons. The molecule has 0 unspecified atom stereocenters. The van der Waals surface area contributed by atoms with Crippen molar-refractivity contribution >= 4 is 0 Å². The number of hydrogen-bond acceptors (Lipinski definition) is 0. The van der Waals surface area contributed by atoms with Crippen LogP contribution < -0.4 is 37.2 Å². The third-order valence-corrected chi connectivity index (χ3v) is 0. The third-order valence-electron chi connectivity index (χ3n) is 0. The van der Waals surface area contributed by atoms with Crippen molar-refractivity contribution < 1.29 is 57.3 Å². The van der Waals surface area contributed by atoms with Gasteiger partial charge in [0.25, 0.3) is 0 Å². The fourth-order valence-corrected chi connectivity index (χ4v) is 0. The maximum atomic E-state index is 0. The number of rotatable bonds is 0. The molecule has 0 amide bonds. The average molecular weight is 395 g/mol. The van der Waals surface area contributed by atoms with Gasteiger partial charge < -0.3 is 74.1 Å². The third kappa shape index (κ3) is 389. The van der Waals surface area contributed by atoms with E-state index in [0.717, 1.165) is 0 Å². The molecule has 12 N–H and O–H groups in total. The van der Waals surface area contributed by atoms with Gasteiger partial charge in [0.1, 0.15) is 0 Å². The summed E-state index contributed by atoms with van der Waals surface area (Å²) in [5.41, 5.74) is 0. The molecule has 0 radical (unpaired) electrons. The summed E-state index contributed by atoms with van der Waals surface area (Å²) in [6.45, 7) is 0. The molecule has 0 aromatic carbocycles. The van der Waals surface area contributed by atoms with Crippen molar-refractivity contribution in [3.63, 3.8) is 0 Å². The molecular weight excluding hydrogens is 383 g/mol. The van der Waals surface area contributed by atoms with Crippen molar-refractivity contribution in [1.82, 2.24) is 0 Å². The first-order valence-corrected chi connectivity index (χ1v) is 0. The molecular formula is H12Cl3IrN6-6. The van der Waals surface area contributed by atoms with Crippen LogP contribution in [0, 0.1) is 0 Å². The topological polar surface area (TPSA) is 201 Å². The van der Waals surface area contributed by atoms with Crippen LogP contribution >= 0.6 is 0 Å². The molecule has 6 nitrogen and oxygen atoms in total. The summed E-state index contributed by atoms with van der Waals surface area (Å²) in [6, 6.07) is 0. The fourth-order valence-electron chi connectivity index (χ4n) is 0. The maximum absolute atomic E-state index is 0. The van der Waals surface area contributed by atoms with E-state index in [-0.39, 0.29) is 94.2 Å². The van der Waals surface area contributed by atoms with Gasteiger partial charge in [-0.2, -0.15) is 0 Å². The molecule has 0 bridgehead atoms. The summed E-state index contributed by atoms with van der Waals surface area (Å²) in [6.07, 6.45) is 0. The van der Waals surface area contributed by atoms with E-state index in [0.29, 0.717) is 0 Å². The molecule has 0 aliphatic rings. The number of nitrogens with two attached hydrogens (primary N) is 6. The quantitative estimate of drug-likeness (QED) is 0.380. The van der Waals surface area contributed by atoms with Crippen molar-refractivity contribution in [2.24, 2.45) is 0 Å². The van der Waals surface area contributed by atoms with Gasteiger partial charge in [0.15, 0.2) is 0 Å². The summed E-state index contributed by atoms with van der Waals surface area (Å²) in [5.74, 6) is 0. The van der Waals surface area contributed by atoms with Crippen LogP contribution in [-0.4, -0.2) is 0 Å². The van der Waals surface area contributed by atoms with E-state index in [2.05, 4.69) is 0 Å². The molecule has 0 aliphatic heterocycles. The zero-order chi connectivity index (χ0) is 0. The van der Waals surface area contributed by atoms with E-state index in [1.165, 1.54) is 0 Å². The molecule has 0 heterocycles. The molecule has 0 saturated heterocycles. The Bertz CT molecular complexity index is 13.0. The smallest absolute Gasteiger partial charge is 1.00 e. The molecule has 10 heavy (non-hydrogen) atoms. The number of hydrogen-bond donors (Lipinski definition) is 0. The molecule has 0 atom stereocenters. The molecule has 0 aromatic rings. The van der Waals surface area contributed by atoms with Gasteiger partial charge in [0, 0.05) is 0 Å². The van der Waals surface area contributed by atoms with Crippen molar-refractivity contribution in [1.29, 1.82) is 0 Å². The van der Waals surface area contributed by atoms with Gasteiger partial charge in [-0.25, -0.2) is 0 Å². The molecule has 0 rings (SSSR count). The van der Waals surface area contributed by atoms with Crippen LogP contribution in [0.5, 0.6) is 0 Å². The van der Waals surface area contributed by atoms with Crippen LogP contribution in [0.2, 0.25) is 0 Å². The number of halogens is 3. The van der Waals surface area contributed by atoms with Gasteiger partial charge in [0.2, 0.25) is 0 Å². The van der Waals surface area contributed by atoms with E-state index in [9.17, 15) is 0 Å². The van der Waals surface area contributed by atoms with Gasteiger partial charge in [-0.3, -0.25) is 0 Å². The summed E-state index contributed by atoms with van der Waals surface area (Å²) in [5, 5.41) is 0. The first kappa shape index (κ1) is 728. The van der Waals surface area contributed by atoms with Crippen LogP contribution in [-0.2, 0) is 20.1 Å². The molecule has 0 fully saturated rings. The van der Waals surface area contributed by atoms with E-state index >= 15 is 0 Å². The Labute approximate surface area is 94.1 Å². The second-order valence-corrected chi connectivity index (χ2v) is 0. The Kier molecular flexibility index (Phi) is 39400. The second kappa shape index (κ2) is 541. The Morgan fingerprint density at radius 3 is 0.300 bits per heavy atom. The predicted octanol–water partition coefficient (Wildman–Crippen LogP) is -4.69. The Hall–Kier alpha value is 1.28. The zero-order valence-electron chi connectivity index (χ0n) is 4.93. The van der Waals surface area contributed by atoms with Gasteiger partial charge in [0.05, 0.1) is 0 Å². The van der Waals surface area contributed by atoms with Crippen LogP contribution in [0.25, 0.3) is 36.9 Å². The standard InChI is InChI=1S/3ClH.Ir.6H2N/h3*1H;;6*1H2/q;;;+3;6*-1/p-3. The summed E-state index contributed by atoms with van der Waals surface area (Å²) in [7, 11) is 0. The summed E-state index contributed by atoms with van der Waals surface area (Å²) in [4.78, 5) is 0. The van der Waals surface area contributed by atoms with Crippen molar-refractivity contribution in [3.8, 4) is 0 Å². The summed E-state index contributed by atoms with van der Waals surface area (Å²) >= 11 is 0. The summed E-state index contributed by atoms with van der Waals surface area (Å²) < 4.78 is 0. The predicted molar refractivity (Wildman–Crippen MR) is 31.7 cm³/mol. The van der Waals surface area contributed by atoms with E-state index in [4.69, 9.17) is 0 Å². The van der Waals surface area contributed by atoms with Crippen LogP contribution in [0.15, 0.2) is 0 Å². The van der Waals surface area contributed by atoms with Gasteiger partial charge in [-0.05, 0) is 0 Å². The van der Waals surface area contributed by atoms with E-state index in [1.807, 2.05) is 0 Å². The van der Waals surface area contributed by atoms with Crippen molar-refractivity contribution in [3.05, 3.63) is 36.9 Å². The van der Waals surface area contributed by atoms with Gasteiger partial charge >= 0.3 is 20.1 Å². The molecule has 0 spiro atoms. The minimum atomic E-state index is 0. The van der Waals surface area contributed by atoms with E-state index < -0.39 is 0 Å². The minimum Gasteiger partial charge on any atom is -1.00 e. The second-order valence-electron chi connectivity index (χ2n) is 0. The molecule has 10 heteroatoms. The maximum Gasteiger partial charge on any atom is 3.00 e. The van der Waals surface area contributed by atoms with Gasteiger partial charge in [-0.15, -0.1) is 0 Å². The Morgan fingerprint density at radius 2 is 0.300 bits per heavy atom. The Morgan fingerprint density at radius 1 is 0.300 bits per heavy atom. The molecule has 0 aliphatic carbocycles. The minimum absolute atomic E-state index is 0. The first-order valence-electron chi connectivity index (χ1n) is 0. The van der Waals surface area contributed by atoms with Crippen molar-refractivity contribution in [2.75, 3.05) is 0 Å². The zero-order valence-corrected chi connectivity index (χ0v) is 9.59. The molecule has 0 aromatic heterocycles. The fraction of sp³-hybridized carbons (Fsp3) is 0.